The van der Waals surface area contributed by atoms with Gasteiger partial charge in [-0.05, 0) is 17.7 Å². The minimum Gasteiger partial charge on any atom is -0.289 e. The Bertz CT molecular complexity index is 793. The number of Topliss-reactive ketones (excluding diaryl/α,β-unsaturated/α-hetero) is 2. The van der Waals surface area contributed by atoms with E-state index in [4.69, 9.17) is 11.6 Å². The largest absolute Gasteiger partial charge is 0.289 e. The van der Waals surface area contributed by atoms with Crippen LogP contribution in [0.3, 0.4) is 0 Å². The topological polar surface area (TPSA) is 34.1 Å². The van der Waals surface area contributed by atoms with Crippen LogP contribution in [0.25, 0.3) is 5.57 Å². The van der Waals surface area contributed by atoms with Crippen molar-refractivity contribution in [2.45, 2.75) is 0 Å². The first-order valence-electron chi connectivity index (χ1n) is 6.37. The summed E-state index contributed by atoms with van der Waals surface area (Å²) in [5.74, 6) is -0.310. The highest BCUT2D eigenvalue weighted by Gasteiger charge is 2.32. The molecule has 1 aliphatic carbocycles. The molecule has 3 rings (SSSR count). The first kappa shape index (κ1) is 14.2. The van der Waals surface area contributed by atoms with Gasteiger partial charge >= 0.3 is 0 Å². The lowest BCUT2D eigenvalue weighted by Crippen LogP contribution is -2.22. The number of rotatable bonds is 2. The van der Waals surface area contributed by atoms with E-state index in [1.807, 2.05) is 24.3 Å². The molecule has 0 bridgehead atoms. The van der Waals surface area contributed by atoms with Crippen LogP contribution in [0.4, 0.5) is 0 Å². The van der Waals surface area contributed by atoms with Gasteiger partial charge in [0.05, 0.1) is 5.88 Å². The maximum atomic E-state index is 12.8. The van der Waals surface area contributed by atoms with E-state index in [1.54, 1.807) is 24.3 Å². The summed E-state index contributed by atoms with van der Waals surface area (Å²) in [6.07, 6.45) is 0. The van der Waals surface area contributed by atoms with Crippen LogP contribution >= 0.6 is 27.5 Å². The number of fused-ring (bicyclic) bond motifs is 1. The van der Waals surface area contributed by atoms with Gasteiger partial charge in [0.1, 0.15) is 0 Å². The van der Waals surface area contributed by atoms with Crippen molar-refractivity contribution in [3.63, 3.8) is 0 Å². The maximum Gasteiger partial charge on any atom is 0.194 e. The number of carbonyl (C=O) groups is 2. The van der Waals surface area contributed by atoms with Gasteiger partial charge in [-0.1, -0.05) is 52.3 Å². The number of ketones is 2. The van der Waals surface area contributed by atoms with Crippen LogP contribution in [0.2, 0.25) is 0 Å². The van der Waals surface area contributed by atoms with Gasteiger partial charge in [-0.15, -0.1) is 11.6 Å². The predicted octanol–water partition coefficient (Wildman–Crippen LogP) is 4.52. The van der Waals surface area contributed by atoms with Crippen molar-refractivity contribution in [3.05, 3.63) is 75.3 Å². The monoisotopic (exact) mass is 360 g/mol. The lowest BCUT2D eigenvalue weighted by atomic mass is 9.82. The first-order chi connectivity index (χ1) is 10.1. The molecule has 0 aromatic heterocycles. The fraction of sp³-hybridized carbons (Fsp3) is 0.0588. The van der Waals surface area contributed by atoms with Gasteiger partial charge in [-0.25, -0.2) is 0 Å². The zero-order valence-corrected chi connectivity index (χ0v) is 13.2. The normalized spacial score (nSPS) is 14.4. The molecule has 104 valence electrons. The molecule has 0 aliphatic heterocycles. The molecule has 2 aromatic rings. The molecular formula is C17H10BrClO2. The molecule has 0 atom stereocenters. The van der Waals surface area contributed by atoms with Gasteiger partial charge in [0.2, 0.25) is 0 Å². The fourth-order valence-electron chi connectivity index (χ4n) is 2.50. The third kappa shape index (κ3) is 2.37. The molecule has 21 heavy (non-hydrogen) atoms. The average Bonchev–Trinajstić information content (AvgIpc) is 2.50. The van der Waals surface area contributed by atoms with Crippen LogP contribution in [-0.2, 0) is 0 Å². The molecular weight excluding hydrogens is 352 g/mol. The molecule has 0 N–H and O–H groups in total. The molecule has 2 aromatic carbocycles. The minimum absolute atomic E-state index is 0.0146. The first-order valence-corrected chi connectivity index (χ1v) is 7.69. The van der Waals surface area contributed by atoms with Crippen molar-refractivity contribution < 1.29 is 9.59 Å². The molecule has 0 spiro atoms. The summed E-state index contributed by atoms with van der Waals surface area (Å²) in [6, 6.07) is 14.2. The van der Waals surface area contributed by atoms with Crippen LogP contribution in [-0.4, -0.2) is 17.4 Å². The molecule has 0 radical (unpaired) electrons. The Labute approximate surface area is 135 Å². The van der Waals surface area contributed by atoms with E-state index in [0.29, 0.717) is 27.8 Å². The Morgan fingerprint density at radius 3 is 2.19 bits per heavy atom. The summed E-state index contributed by atoms with van der Waals surface area (Å²) in [5, 5.41) is 0. The lowest BCUT2D eigenvalue weighted by molar-refractivity contribution is 0.0992. The van der Waals surface area contributed by atoms with E-state index in [2.05, 4.69) is 15.9 Å². The fourth-order valence-corrected chi connectivity index (χ4v) is 3.16. The molecule has 0 amide bonds. The second-order valence-corrected chi connectivity index (χ2v) is 5.88. The van der Waals surface area contributed by atoms with Crippen molar-refractivity contribution in [2.24, 2.45) is 0 Å². The number of carbonyl (C=O) groups excluding carboxylic acids is 2. The van der Waals surface area contributed by atoms with Gasteiger partial charge in [0.25, 0.3) is 0 Å². The number of hydrogen-bond acceptors (Lipinski definition) is 2. The van der Waals surface area contributed by atoms with Crippen LogP contribution < -0.4 is 0 Å². The average molecular weight is 362 g/mol. The smallest absolute Gasteiger partial charge is 0.194 e. The Kier molecular flexibility index (Phi) is 3.79. The third-order valence-corrected chi connectivity index (χ3v) is 4.23. The van der Waals surface area contributed by atoms with Crippen LogP contribution in [0.15, 0.2) is 58.6 Å². The van der Waals surface area contributed by atoms with Crippen molar-refractivity contribution in [1.29, 1.82) is 0 Å². The molecule has 4 heteroatoms. The van der Waals surface area contributed by atoms with E-state index >= 15 is 0 Å². The minimum atomic E-state index is -0.171. The summed E-state index contributed by atoms with van der Waals surface area (Å²) in [5.41, 5.74) is 2.32. The number of halogens is 2. The molecule has 0 unspecified atom stereocenters. The quantitative estimate of drug-likeness (QED) is 0.737. The maximum absolute atomic E-state index is 12.8. The second kappa shape index (κ2) is 5.58. The number of allylic oxidation sites excluding steroid dienone is 2. The Morgan fingerprint density at radius 1 is 0.905 bits per heavy atom. The lowest BCUT2D eigenvalue weighted by Gasteiger charge is -2.20. The van der Waals surface area contributed by atoms with Crippen LogP contribution in [0, 0.1) is 0 Å². The van der Waals surface area contributed by atoms with Gasteiger partial charge < -0.3 is 0 Å². The van der Waals surface area contributed by atoms with Gasteiger partial charge in [0.15, 0.2) is 11.6 Å². The molecule has 2 nitrogen and oxygen atoms in total. The van der Waals surface area contributed by atoms with Gasteiger partial charge in [0, 0.05) is 26.7 Å². The summed E-state index contributed by atoms with van der Waals surface area (Å²) in [6.45, 7) is 0. The van der Waals surface area contributed by atoms with Crippen molar-refractivity contribution in [3.8, 4) is 0 Å². The Hall–Kier alpha value is -1.71. The predicted molar refractivity (Wildman–Crippen MR) is 86.9 cm³/mol. The number of alkyl halides is 1. The summed E-state index contributed by atoms with van der Waals surface area (Å²) in [7, 11) is 0. The highest BCUT2D eigenvalue weighted by Crippen LogP contribution is 2.33. The second-order valence-electron chi connectivity index (χ2n) is 4.70. The highest BCUT2D eigenvalue weighted by atomic mass is 79.9. The van der Waals surface area contributed by atoms with Crippen molar-refractivity contribution >= 4 is 44.7 Å². The summed E-state index contributed by atoms with van der Waals surface area (Å²) in [4.78, 5) is 25.3. The van der Waals surface area contributed by atoms with Gasteiger partial charge in [-0.3, -0.25) is 9.59 Å². The molecule has 0 heterocycles. The zero-order chi connectivity index (χ0) is 15.0. The van der Waals surface area contributed by atoms with E-state index in [9.17, 15) is 9.59 Å². The summed E-state index contributed by atoms with van der Waals surface area (Å²) < 4.78 is 0.848. The van der Waals surface area contributed by atoms with Crippen LogP contribution in [0.1, 0.15) is 26.3 Å². The van der Waals surface area contributed by atoms with E-state index in [1.165, 1.54) is 0 Å². The molecule has 1 aliphatic rings. The van der Waals surface area contributed by atoms with E-state index in [-0.39, 0.29) is 17.4 Å². The van der Waals surface area contributed by atoms with Crippen molar-refractivity contribution in [1.82, 2.24) is 0 Å². The molecule has 0 fully saturated rings. The van der Waals surface area contributed by atoms with E-state index in [0.717, 1.165) is 4.47 Å². The molecule has 0 saturated carbocycles. The van der Waals surface area contributed by atoms with E-state index < -0.39 is 0 Å². The summed E-state index contributed by atoms with van der Waals surface area (Å²) >= 11 is 9.33. The zero-order valence-electron chi connectivity index (χ0n) is 10.9. The van der Waals surface area contributed by atoms with Crippen LogP contribution in [0.5, 0.6) is 0 Å². The highest BCUT2D eigenvalue weighted by molar-refractivity contribution is 9.10. The third-order valence-electron chi connectivity index (χ3n) is 3.47. The Morgan fingerprint density at radius 2 is 1.57 bits per heavy atom. The molecule has 0 saturated heterocycles. The Balaban J connectivity index is 2.27. The van der Waals surface area contributed by atoms with Crippen molar-refractivity contribution in [2.75, 3.05) is 5.88 Å². The van der Waals surface area contributed by atoms with Gasteiger partial charge in [-0.2, -0.15) is 0 Å². The SMILES string of the molecule is O=C1C(CCl)=C(c2cccc(Br)c2)C(=O)c2ccccc21. The number of benzene rings is 2. The number of hydrogen-bond donors (Lipinski definition) is 0. The standard InChI is InChI=1S/C17H10BrClO2/c18-11-5-3-4-10(8-11)15-14(9-19)16(20)12-6-1-2-7-13(12)17(15)21/h1-8H,9H2.